The third-order valence-corrected chi connectivity index (χ3v) is 6.79. The third-order valence-electron chi connectivity index (χ3n) is 4.59. The highest BCUT2D eigenvalue weighted by Gasteiger charge is 2.56. The molecule has 1 N–H and O–H groups in total. The van der Waals surface area contributed by atoms with Gasteiger partial charge in [0, 0.05) is 17.4 Å². The molecule has 12 heteroatoms. The van der Waals surface area contributed by atoms with Gasteiger partial charge in [-0.05, 0) is 32.2 Å². The average molecular weight is 509 g/mol. The fourth-order valence-corrected chi connectivity index (χ4v) is 5.27. The van der Waals surface area contributed by atoms with E-state index in [0.29, 0.717) is 4.91 Å². The summed E-state index contributed by atoms with van der Waals surface area (Å²) in [5, 5.41) is 3.87. The first-order valence-corrected chi connectivity index (χ1v) is 12.0. The van der Waals surface area contributed by atoms with Gasteiger partial charge in [-0.2, -0.15) is 0 Å². The normalized spacial score (nSPS) is 20.9. The molecule has 0 aliphatic carbocycles. The van der Waals surface area contributed by atoms with Crippen LogP contribution in [0.3, 0.4) is 0 Å². The zero-order valence-electron chi connectivity index (χ0n) is 19.0. The Balaban J connectivity index is 1.94. The van der Waals surface area contributed by atoms with Crippen LogP contribution in [0.1, 0.15) is 32.6 Å². The lowest BCUT2D eigenvalue weighted by Crippen LogP contribution is -2.70. The quantitative estimate of drug-likeness (QED) is 0.184. The molecule has 2 atom stereocenters. The molecule has 2 aliphatic heterocycles. The molecule has 1 saturated heterocycles. The number of thioether (sulfide) groups is 1. The number of ether oxygens (including phenoxy) is 3. The molecule has 2 amide bonds. The smallest absolute Gasteiger partial charge is 0.356 e. The Morgan fingerprint density at radius 3 is 2.59 bits per heavy atom. The second-order valence-corrected chi connectivity index (χ2v) is 10.5. The number of carbonyl (C=O) groups is 5. The molecule has 34 heavy (non-hydrogen) atoms. The second-order valence-electron chi connectivity index (χ2n) is 8.34. The van der Waals surface area contributed by atoms with Crippen molar-refractivity contribution in [1.82, 2.24) is 10.2 Å². The zero-order valence-corrected chi connectivity index (χ0v) is 20.6. The molecule has 0 saturated carbocycles. The van der Waals surface area contributed by atoms with Crippen LogP contribution < -0.4 is 5.32 Å². The summed E-state index contributed by atoms with van der Waals surface area (Å²) in [6, 6.07) is 2.73. The molecule has 0 bridgehead atoms. The van der Waals surface area contributed by atoms with Crippen molar-refractivity contribution in [3.8, 4) is 0 Å². The molecule has 1 aromatic rings. The molecule has 3 rings (SSSR count). The van der Waals surface area contributed by atoms with Gasteiger partial charge in [-0.25, -0.2) is 4.79 Å². The molecule has 0 radical (unpaired) electrons. The lowest BCUT2D eigenvalue weighted by Gasteiger charge is -2.50. The average Bonchev–Trinajstić information content (AvgIpc) is 3.25. The SMILES string of the molecule is CC(=O)OCC1=C(C(=O)OC(C)(C)C)N2C(=O)C(NC(=O)Cc3cccs3)[C@H]2SC1=COC=O. The molecule has 0 spiro atoms. The number of hydrogen-bond donors (Lipinski definition) is 1. The van der Waals surface area contributed by atoms with E-state index < -0.39 is 34.9 Å². The maximum Gasteiger partial charge on any atom is 0.356 e. The van der Waals surface area contributed by atoms with E-state index in [4.69, 9.17) is 14.2 Å². The van der Waals surface area contributed by atoms with Gasteiger partial charge in [0.05, 0.1) is 11.3 Å². The number of amides is 2. The molecule has 0 aromatic carbocycles. The summed E-state index contributed by atoms with van der Waals surface area (Å²) in [5.74, 6) is -2.26. The highest BCUT2D eigenvalue weighted by molar-refractivity contribution is 8.04. The molecule has 10 nitrogen and oxygen atoms in total. The summed E-state index contributed by atoms with van der Waals surface area (Å²) >= 11 is 2.52. The van der Waals surface area contributed by atoms with Crippen LogP contribution in [0.25, 0.3) is 0 Å². The van der Waals surface area contributed by atoms with E-state index in [9.17, 15) is 24.0 Å². The molecule has 2 aliphatic rings. The largest absolute Gasteiger partial charge is 0.461 e. The molecule has 3 heterocycles. The second kappa shape index (κ2) is 10.4. The molecule has 1 aromatic heterocycles. The van der Waals surface area contributed by atoms with Crippen LogP contribution in [-0.2, 0) is 44.6 Å². The van der Waals surface area contributed by atoms with Crippen LogP contribution in [-0.4, -0.2) is 58.7 Å². The minimum Gasteiger partial charge on any atom is -0.461 e. The summed E-state index contributed by atoms with van der Waals surface area (Å²) in [4.78, 5) is 63.3. The van der Waals surface area contributed by atoms with Crippen LogP contribution in [0, 0.1) is 0 Å². The molecular formula is C22H24N2O8S2. The Kier molecular flexibility index (Phi) is 7.82. The van der Waals surface area contributed by atoms with Gasteiger partial charge in [-0.15, -0.1) is 11.3 Å². The van der Waals surface area contributed by atoms with Gasteiger partial charge in [0.1, 0.15) is 35.6 Å². The first-order chi connectivity index (χ1) is 16.0. The Morgan fingerprint density at radius 1 is 1.26 bits per heavy atom. The van der Waals surface area contributed by atoms with Crippen LogP contribution in [0.15, 0.2) is 40.0 Å². The number of nitrogens with one attached hydrogen (secondary N) is 1. The zero-order chi connectivity index (χ0) is 25.0. The van der Waals surface area contributed by atoms with Crippen LogP contribution >= 0.6 is 23.1 Å². The maximum atomic E-state index is 13.1. The monoisotopic (exact) mass is 508 g/mol. The standard InChI is InChI=1S/C22H24N2O8S2/c1-12(26)31-9-14-15(10-30-11-25)34-20-17(23-16(27)8-13-6-5-7-33-13)19(28)24(20)18(14)21(29)32-22(2,3)4/h5-7,10-11,17,20H,8-9H2,1-4H3,(H,23,27)/t17?,20-/m1/s1. The number of nitrogens with zero attached hydrogens (tertiary/aromatic N) is 1. The lowest BCUT2D eigenvalue weighted by atomic mass is 10.0. The predicted molar refractivity (Wildman–Crippen MR) is 123 cm³/mol. The predicted octanol–water partition coefficient (Wildman–Crippen LogP) is 1.86. The van der Waals surface area contributed by atoms with E-state index >= 15 is 0 Å². The molecule has 1 unspecified atom stereocenters. The highest BCUT2D eigenvalue weighted by Crippen LogP contribution is 2.47. The van der Waals surface area contributed by atoms with Gasteiger partial charge in [-0.1, -0.05) is 17.8 Å². The number of carbonyl (C=O) groups excluding carboxylic acids is 5. The fourth-order valence-electron chi connectivity index (χ4n) is 3.26. The Morgan fingerprint density at radius 2 is 2.00 bits per heavy atom. The van der Waals surface area contributed by atoms with E-state index in [1.54, 1.807) is 20.8 Å². The van der Waals surface area contributed by atoms with Gasteiger partial charge < -0.3 is 19.5 Å². The maximum absolute atomic E-state index is 13.1. The minimum absolute atomic E-state index is 0.113. The summed E-state index contributed by atoms with van der Waals surface area (Å²) in [6.45, 7) is 6.06. The van der Waals surface area contributed by atoms with Crippen molar-refractivity contribution < 1.29 is 38.2 Å². The van der Waals surface area contributed by atoms with Crippen molar-refractivity contribution >= 4 is 53.3 Å². The minimum atomic E-state index is -0.912. The van der Waals surface area contributed by atoms with E-state index in [2.05, 4.69) is 5.32 Å². The Hall–Kier alpha value is -3.12. The number of hydrogen-bond acceptors (Lipinski definition) is 10. The molecule has 1 fully saturated rings. The fraction of sp³-hybridized carbons (Fsp3) is 0.409. The first kappa shape index (κ1) is 25.5. The number of fused-ring (bicyclic) bond motifs is 1. The van der Waals surface area contributed by atoms with Gasteiger partial charge in [0.15, 0.2) is 0 Å². The summed E-state index contributed by atoms with van der Waals surface area (Å²) < 4.78 is 15.4. The summed E-state index contributed by atoms with van der Waals surface area (Å²) in [6.07, 6.45) is 1.22. The van der Waals surface area contributed by atoms with Crippen molar-refractivity contribution in [2.24, 2.45) is 0 Å². The van der Waals surface area contributed by atoms with E-state index in [-0.39, 0.29) is 36.7 Å². The van der Waals surface area contributed by atoms with Crippen molar-refractivity contribution in [1.29, 1.82) is 0 Å². The van der Waals surface area contributed by atoms with E-state index in [0.717, 1.165) is 22.9 Å². The molecule has 182 valence electrons. The van der Waals surface area contributed by atoms with E-state index in [1.165, 1.54) is 23.2 Å². The van der Waals surface area contributed by atoms with Gasteiger partial charge in [0.25, 0.3) is 12.4 Å². The van der Waals surface area contributed by atoms with Crippen molar-refractivity contribution in [3.63, 3.8) is 0 Å². The summed E-state index contributed by atoms with van der Waals surface area (Å²) in [7, 11) is 0. The summed E-state index contributed by atoms with van der Waals surface area (Å²) in [5.41, 5.74) is -0.846. The number of rotatable bonds is 8. The number of thiophene rings is 1. The topological polar surface area (TPSA) is 128 Å². The van der Waals surface area contributed by atoms with Crippen molar-refractivity contribution in [2.75, 3.05) is 6.61 Å². The Labute approximate surface area is 204 Å². The van der Waals surface area contributed by atoms with Gasteiger partial charge in [-0.3, -0.25) is 24.1 Å². The Bertz CT molecular complexity index is 1060. The van der Waals surface area contributed by atoms with Crippen LogP contribution in [0.4, 0.5) is 0 Å². The molecular weight excluding hydrogens is 484 g/mol. The van der Waals surface area contributed by atoms with Crippen molar-refractivity contribution in [2.45, 2.75) is 51.1 Å². The van der Waals surface area contributed by atoms with Crippen molar-refractivity contribution in [3.05, 3.63) is 44.8 Å². The van der Waals surface area contributed by atoms with Crippen LogP contribution in [0.2, 0.25) is 0 Å². The number of β-lactam (4-membered cyclic amide) rings is 1. The lowest BCUT2D eigenvalue weighted by molar-refractivity contribution is -0.159. The van der Waals surface area contributed by atoms with Gasteiger partial charge >= 0.3 is 11.9 Å². The first-order valence-electron chi connectivity index (χ1n) is 10.2. The van der Waals surface area contributed by atoms with Gasteiger partial charge in [0.2, 0.25) is 5.91 Å². The third kappa shape index (κ3) is 5.86. The highest BCUT2D eigenvalue weighted by atomic mass is 32.2. The van der Waals surface area contributed by atoms with Crippen LogP contribution in [0.5, 0.6) is 0 Å². The van der Waals surface area contributed by atoms with E-state index in [1.807, 2.05) is 17.5 Å². The number of esters is 2.